The van der Waals surface area contributed by atoms with Crippen molar-refractivity contribution in [3.05, 3.63) is 59.7 Å². The topological polar surface area (TPSA) is 97.0 Å². The Bertz CT molecular complexity index is 1090. The van der Waals surface area contributed by atoms with Gasteiger partial charge in [0.1, 0.15) is 18.5 Å². The Morgan fingerprint density at radius 2 is 1.89 bits per heavy atom. The molecule has 2 aliphatic heterocycles. The van der Waals surface area contributed by atoms with Gasteiger partial charge in [0.05, 0.1) is 24.1 Å². The highest BCUT2D eigenvalue weighted by Gasteiger charge is 2.39. The van der Waals surface area contributed by atoms with Crippen LogP contribution >= 0.6 is 0 Å². The van der Waals surface area contributed by atoms with Crippen LogP contribution in [0.4, 0.5) is 5.69 Å². The summed E-state index contributed by atoms with van der Waals surface area (Å²) < 4.78 is 12.3. The molecule has 0 unspecified atom stereocenters. The normalized spacial score (nSPS) is 21.5. The number of rotatable bonds is 7. The van der Waals surface area contributed by atoms with Crippen LogP contribution in [0.1, 0.15) is 49.0 Å². The fraction of sp³-hybridized carbons (Fsp3) is 0.464. The van der Waals surface area contributed by atoms with Gasteiger partial charge in [-0.1, -0.05) is 44.2 Å². The third-order valence-electron chi connectivity index (χ3n) is 6.80. The molecule has 36 heavy (non-hydrogen) atoms. The molecule has 0 aliphatic carbocycles. The maximum absolute atomic E-state index is 13.3. The second-order valence-corrected chi connectivity index (χ2v) is 9.81. The van der Waals surface area contributed by atoms with Crippen molar-refractivity contribution in [2.75, 3.05) is 25.5 Å². The summed E-state index contributed by atoms with van der Waals surface area (Å²) in [6.07, 6.45) is 1.92. The first kappa shape index (κ1) is 25.7. The van der Waals surface area contributed by atoms with Gasteiger partial charge in [-0.05, 0) is 43.0 Å². The van der Waals surface area contributed by atoms with Crippen molar-refractivity contribution >= 4 is 23.4 Å². The number of carbonyl (C=O) groups is 3. The monoisotopic (exact) mass is 493 g/mol. The van der Waals surface area contributed by atoms with E-state index in [0.717, 1.165) is 12.8 Å². The zero-order chi connectivity index (χ0) is 25.7. The van der Waals surface area contributed by atoms with Crippen LogP contribution in [-0.2, 0) is 20.7 Å². The summed E-state index contributed by atoms with van der Waals surface area (Å²) in [5.74, 6) is -0.0377. The molecule has 8 heteroatoms. The molecule has 0 bridgehead atoms. The number of amides is 3. The van der Waals surface area contributed by atoms with Crippen LogP contribution in [0.3, 0.4) is 0 Å². The quantitative estimate of drug-likeness (QED) is 0.616. The molecule has 3 amide bonds. The van der Waals surface area contributed by atoms with Gasteiger partial charge in [0, 0.05) is 25.2 Å². The van der Waals surface area contributed by atoms with Crippen LogP contribution in [-0.4, -0.2) is 61.1 Å². The summed E-state index contributed by atoms with van der Waals surface area (Å²) in [5.41, 5.74) is 2.16. The Kier molecular flexibility index (Phi) is 8.25. The highest BCUT2D eigenvalue weighted by atomic mass is 16.5. The van der Waals surface area contributed by atoms with Crippen molar-refractivity contribution in [1.29, 1.82) is 0 Å². The van der Waals surface area contributed by atoms with E-state index in [-0.39, 0.29) is 54.9 Å². The van der Waals surface area contributed by atoms with Crippen molar-refractivity contribution in [3.8, 4) is 5.75 Å². The summed E-state index contributed by atoms with van der Waals surface area (Å²) >= 11 is 0. The zero-order valence-electron chi connectivity index (χ0n) is 21.2. The molecule has 192 valence electrons. The average Bonchev–Trinajstić information content (AvgIpc) is 2.87. The Morgan fingerprint density at radius 3 is 2.64 bits per heavy atom. The van der Waals surface area contributed by atoms with E-state index >= 15 is 0 Å². The number of hydrogen-bond acceptors (Lipinski definition) is 5. The first-order valence-electron chi connectivity index (χ1n) is 12.6. The van der Waals surface area contributed by atoms with Gasteiger partial charge in [-0.2, -0.15) is 0 Å². The van der Waals surface area contributed by atoms with Crippen LogP contribution in [0.25, 0.3) is 0 Å². The first-order chi connectivity index (χ1) is 17.3. The average molecular weight is 494 g/mol. The lowest BCUT2D eigenvalue weighted by molar-refractivity contribution is -0.134. The van der Waals surface area contributed by atoms with Crippen molar-refractivity contribution in [3.63, 3.8) is 0 Å². The zero-order valence-corrected chi connectivity index (χ0v) is 21.2. The fourth-order valence-corrected chi connectivity index (χ4v) is 4.66. The second kappa shape index (κ2) is 11.6. The summed E-state index contributed by atoms with van der Waals surface area (Å²) in [6, 6.07) is 15.0. The highest BCUT2D eigenvalue weighted by molar-refractivity contribution is 6.00. The Hall–Kier alpha value is -3.39. The number of likely N-dealkylation sites (N-methyl/N-ethyl adjacent to an activating group) is 1. The minimum atomic E-state index is -0.330. The van der Waals surface area contributed by atoms with Crippen molar-refractivity contribution in [2.45, 2.75) is 57.8 Å². The highest BCUT2D eigenvalue weighted by Crippen LogP contribution is 2.32. The summed E-state index contributed by atoms with van der Waals surface area (Å²) in [7, 11) is 1.77. The van der Waals surface area contributed by atoms with E-state index in [2.05, 4.69) is 10.6 Å². The lowest BCUT2D eigenvalue weighted by Crippen LogP contribution is -2.54. The third-order valence-corrected chi connectivity index (χ3v) is 6.80. The summed E-state index contributed by atoms with van der Waals surface area (Å²) in [4.78, 5) is 39.6. The molecular weight excluding hydrogens is 458 g/mol. The number of nitrogens with zero attached hydrogens (tertiary/aromatic N) is 1. The number of benzene rings is 2. The Morgan fingerprint density at radius 1 is 1.11 bits per heavy atom. The minimum Gasteiger partial charge on any atom is -0.490 e. The number of nitrogens with one attached hydrogen (secondary N) is 2. The van der Waals surface area contributed by atoms with E-state index in [1.54, 1.807) is 30.1 Å². The smallest absolute Gasteiger partial charge is 0.257 e. The van der Waals surface area contributed by atoms with Gasteiger partial charge in [0.25, 0.3) is 5.91 Å². The molecule has 2 heterocycles. The molecule has 0 radical (unpaired) electrons. The molecule has 4 rings (SSSR count). The predicted octanol–water partition coefficient (Wildman–Crippen LogP) is 3.41. The van der Waals surface area contributed by atoms with E-state index in [4.69, 9.17) is 9.47 Å². The van der Waals surface area contributed by atoms with Crippen LogP contribution < -0.4 is 15.4 Å². The van der Waals surface area contributed by atoms with Gasteiger partial charge in [0.15, 0.2) is 0 Å². The number of hydrogen-bond donors (Lipinski definition) is 2. The molecule has 2 aromatic carbocycles. The maximum atomic E-state index is 13.3. The van der Waals surface area contributed by atoms with Crippen LogP contribution in [0.5, 0.6) is 5.75 Å². The Balaban J connectivity index is 1.35. The molecular formula is C28H35N3O5. The van der Waals surface area contributed by atoms with Crippen molar-refractivity contribution in [2.24, 2.45) is 5.92 Å². The van der Waals surface area contributed by atoms with Gasteiger partial charge < -0.3 is 25.0 Å². The molecule has 0 spiro atoms. The second-order valence-electron chi connectivity index (χ2n) is 9.81. The molecule has 1 fully saturated rings. The lowest BCUT2D eigenvalue weighted by atomic mass is 9.94. The number of anilines is 1. The maximum Gasteiger partial charge on any atom is 0.257 e. The third kappa shape index (κ3) is 6.23. The SMILES string of the molecule is CC(C)C(=O)Nc1ccc2c(c1)C(=O)N(C)[C@H]1CC[C@H](CC(=O)NCCc3ccccc3)O[C@@H]1CO2. The fourth-order valence-electron chi connectivity index (χ4n) is 4.66. The van der Waals surface area contributed by atoms with Crippen LogP contribution in [0.15, 0.2) is 48.5 Å². The molecule has 8 nitrogen and oxygen atoms in total. The van der Waals surface area contributed by atoms with Gasteiger partial charge in [0.2, 0.25) is 11.8 Å². The largest absolute Gasteiger partial charge is 0.490 e. The summed E-state index contributed by atoms with van der Waals surface area (Å²) in [5, 5.41) is 5.82. The summed E-state index contributed by atoms with van der Waals surface area (Å²) in [6.45, 7) is 4.49. The van der Waals surface area contributed by atoms with Crippen molar-refractivity contribution < 1.29 is 23.9 Å². The van der Waals surface area contributed by atoms with E-state index in [1.165, 1.54) is 5.56 Å². The van der Waals surface area contributed by atoms with Gasteiger partial charge in [-0.3, -0.25) is 14.4 Å². The van der Waals surface area contributed by atoms with E-state index in [9.17, 15) is 14.4 Å². The molecule has 2 aliphatic rings. The van der Waals surface area contributed by atoms with Gasteiger partial charge >= 0.3 is 0 Å². The first-order valence-corrected chi connectivity index (χ1v) is 12.6. The van der Waals surface area contributed by atoms with Gasteiger partial charge in [-0.15, -0.1) is 0 Å². The van der Waals surface area contributed by atoms with Gasteiger partial charge in [-0.25, -0.2) is 0 Å². The molecule has 2 N–H and O–H groups in total. The lowest BCUT2D eigenvalue weighted by Gasteiger charge is -2.42. The molecule has 2 aromatic rings. The number of fused-ring (bicyclic) bond motifs is 2. The Labute approximate surface area is 212 Å². The van der Waals surface area contributed by atoms with E-state index in [1.807, 2.05) is 44.2 Å². The molecule has 0 aromatic heterocycles. The van der Waals surface area contributed by atoms with Crippen molar-refractivity contribution in [1.82, 2.24) is 10.2 Å². The molecule has 1 saturated heterocycles. The minimum absolute atomic E-state index is 0.0353. The van der Waals surface area contributed by atoms with Crippen LogP contribution in [0.2, 0.25) is 0 Å². The van der Waals surface area contributed by atoms with E-state index < -0.39 is 0 Å². The van der Waals surface area contributed by atoms with E-state index in [0.29, 0.717) is 30.0 Å². The molecule has 0 saturated carbocycles. The molecule has 3 atom stereocenters. The number of carbonyl (C=O) groups excluding carboxylic acids is 3. The predicted molar refractivity (Wildman–Crippen MR) is 137 cm³/mol. The number of ether oxygens (including phenoxy) is 2. The standard InChI is InChI=1S/C28H35N3O5/c1-18(2)27(33)30-20-9-12-24-22(15-20)28(34)31(3)23-11-10-21(36-25(23)17-35-24)16-26(32)29-14-13-19-7-5-4-6-8-19/h4-9,12,15,18,21,23,25H,10-11,13-14,16-17H2,1-3H3,(H,29,32)(H,30,33)/t21-,23+,25-/m1/s1. The van der Waals surface area contributed by atoms with Crippen LogP contribution in [0, 0.1) is 5.92 Å².